The van der Waals surface area contributed by atoms with E-state index in [0.29, 0.717) is 0 Å². The SMILES string of the molecule is CN=C(NCC(C)(C)SC)NCC1(c2cc(Cl)ccc2OC)CCOCC1.I. The molecule has 1 saturated heterocycles. The van der Waals surface area contributed by atoms with E-state index in [2.05, 4.69) is 35.7 Å². The van der Waals surface area contributed by atoms with Crippen molar-refractivity contribution in [2.75, 3.05) is 46.7 Å². The van der Waals surface area contributed by atoms with Crippen molar-refractivity contribution in [1.29, 1.82) is 0 Å². The summed E-state index contributed by atoms with van der Waals surface area (Å²) in [5, 5.41) is 7.68. The minimum atomic E-state index is -0.110. The lowest BCUT2D eigenvalue weighted by Gasteiger charge is -2.39. The van der Waals surface area contributed by atoms with Crippen LogP contribution in [0.2, 0.25) is 5.02 Å². The predicted molar refractivity (Wildman–Crippen MR) is 132 cm³/mol. The third kappa shape index (κ3) is 6.85. The summed E-state index contributed by atoms with van der Waals surface area (Å²) in [7, 11) is 3.51. The van der Waals surface area contributed by atoms with Crippen molar-refractivity contribution in [3.63, 3.8) is 0 Å². The van der Waals surface area contributed by atoms with E-state index < -0.39 is 0 Å². The molecule has 1 aromatic carbocycles. The Hall–Kier alpha value is -0.380. The van der Waals surface area contributed by atoms with Gasteiger partial charge < -0.3 is 20.1 Å². The number of rotatable bonds is 7. The molecule has 0 unspecified atom stereocenters. The first-order valence-corrected chi connectivity index (χ1v) is 10.9. The van der Waals surface area contributed by atoms with Gasteiger partial charge >= 0.3 is 0 Å². The highest BCUT2D eigenvalue weighted by Gasteiger charge is 2.37. The van der Waals surface area contributed by atoms with Crippen LogP contribution in [0, 0.1) is 0 Å². The lowest BCUT2D eigenvalue weighted by Crippen LogP contribution is -2.50. The summed E-state index contributed by atoms with van der Waals surface area (Å²) in [6, 6.07) is 5.85. The number of hydrogen-bond donors (Lipinski definition) is 2. The number of halogens is 2. The summed E-state index contributed by atoms with van der Waals surface area (Å²) in [6.45, 7) is 7.46. The monoisotopic (exact) mass is 541 g/mol. The number of thioether (sulfide) groups is 1. The number of hydrogen-bond acceptors (Lipinski definition) is 4. The van der Waals surface area contributed by atoms with Gasteiger partial charge in [-0.15, -0.1) is 24.0 Å². The van der Waals surface area contributed by atoms with E-state index in [0.717, 1.165) is 61.4 Å². The second-order valence-corrected chi connectivity index (χ2v) is 9.43. The largest absolute Gasteiger partial charge is 0.496 e. The number of nitrogens with zero attached hydrogens (tertiary/aromatic N) is 1. The van der Waals surface area contributed by atoms with Gasteiger partial charge in [0.15, 0.2) is 5.96 Å². The van der Waals surface area contributed by atoms with Crippen molar-refractivity contribution in [2.24, 2.45) is 4.99 Å². The van der Waals surface area contributed by atoms with Crippen molar-refractivity contribution in [2.45, 2.75) is 36.9 Å². The van der Waals surface area contributed by atoms with E-state index in [9.17, 15) is 0 Å². The maximum absolute atomic E-state index is 6.32. The van der Waals surface area contributed by atoms with Crippen molar-refractivity contribution < 1.29 is 9.47 Å². The second-order valence-electron chi connectivity index (χ2n) is 7.48. The average Bonchev–Trinajstić information content (AvgIpc) is 2.68. The van der Waals surface area contributed by atoms with Gasteiger partial charge in [0.05, 0.1) is 7.11 Å². The first kappa shape index (κ1) is 25.7. The molecule has 28 heavy (non-hydrogen) atoms. The molecule has 1 aliphatic heterocycles. The zero-order valence-corrected chi connectivity index (χ0v) is 21.3. The number of nitrogens with one attached hydrogen (secondary N) is 2. The molecule has 2 rings (SSSR count). The van der Waals surface area contributed by atoms with Gasteiger partial charge in [-0.25, -0.2) is 0 Å². The highest BCUT2D eigenvalue weighted by molar-refractivity contribution is 14.0. The lowest BCUT2D eigenvalue weighted by molar-refractivity contribution is 0.0505. The quantitative estimate of drug-likeness (QED) is 0.306. The van der Waals surface area contributed by atoms with Crippen molar-refractivity contribution in [1.82, 2.24) is 10.6 Å². The fourth-order valence-corrected chi connectivity index (χ4v) is 3.63. The molecule has 1 fully saturated rings. The number of ether oxygens (including phenoxy) is 2. The minimum absolute atomic E-state index is 0. The smallest absolute Gasteiger partial charge is 0.191 e. The molecule has 2 N–H and O–H groups in total. The summed E-state index contributed by atoms with van der Waals surface area (Å²) >= 11 is 8.15. The maximum Gasteiger partial charge on any atom is 0.191 e. The van der Waals surface area contributed by atoms with E-state index in [1.807, 2.05) is 30.0 Å². The minimum Gasteiger partial charge on any atom is -0.496 e. The number of methoxy groups -OCH3 is 1. The van der Waals surface area contributed by atoms with Crippen molar-refractivity contribution in [3.8, 4) is 5.75 Å². The molecule has 0 aromatic heterocycles. The van der Waals surface area contributed by atoms with Crippen LogP contribution in [0.1, 0.15) is 32.3 Å². The third-order valence-electron chi connectivity index (χ3n) is 5.23. The average molecular weight is 542 g/mol. The molecule has 160 valence electrons. The number of aliphatic imine (C=N–C) groups is 1. The molecule has 0 aliphatic carbocycles. The Morgan fingerprint density at radius 1 is 1.32 bits per heavy atom. The van der Waals surface area contributed by atoms with Crippen molar-refractivity contribution >= 4 is 53.3 Å². The molecule has 0 amide bonds. The van der Waals surface area contributed by atoms with Crippen LogP contribution < -0.4 is 15.4 Å². The molecule has 0 saturated carbocycles. The summed E-state index contributed by atoms with van der Waals surface area (Å²) in [5.74, 6) is 1.68. The Morgan fingerprint density at radius 3 is 2.57 bits per heavy atom. The highest BCUT2D eigenvalue weighted by atomic mass is 127. The first-order valence-electron chi connectivity index (χ1n) is 9.27. The lowest BCUT2D eigenvalue weighted by atomic mass is 9.73. The Kier molecular flexibility index (Phi) is 10.7. The van der Waals surface area contributed by atoms with Gasteiger partial charge in [0.2, 0.25) is 0 Å². The fourth-order valence-electron chi connectivity index (χ4n) is 3.24. The summed E-state index contributed by atoms with van der Waals surface area (Å²) < 4.78 is 11.4. The Morgan fingerprint density at radius 2 is 2.00 bits per heavy atom. The number of guanidine groups is 1. The molecule has 8 heteroatoms. The zero-order chi connectivity index (χ0) is 19.9. The molecular weight excluding hydrogens is 509 g/mol. The Bertz CT molecular complexity index is 652. The topological polar surface area (TPSA) is 54.9 Å². The van der Waals surface area contributed by atoms with Gasteiger partial charge in [-0.1, -0.05) is 11.6 Å². The van der Waals surface area contributed by atoms with Gasteiger partial charge in [0.25, 0.3) is 0 Å². The standard InChI is InChI=1S/C20H32ClN3O2S.HI/c1-19(2,27-5)13-23-18(22-3)24-14-20(8-10-26-11-9-20)16-12-15(21)6-7-17(16)25-4;/h6-7,12H,8-11,13-14H2,1-5H3,(H2,22,23,24);1H. The van der Waals surface area contributed by atoms with Crippen LogP contribution in [0.25, 0.3) is 0 Å². The summed E-state index contributed by atoms with van der Waals surface area (Å²) in [5.41, 5.74) is 1.02. The molecule has 0 bridgehead atoms. The van der Waals surface area contributed by atoms with Crippen LogP contribution in [0.5, 0.6) is 5.75 Å². The predicted octanol–water partition coefficient (Wildman–Crippen LogP) is 4.32. The number of benzene rings is 1. The molecule has 0 radical (unpaired) electrons. The van der Waals surface area contributed by atoms with E-state index in [1.165, 1.54) is 0 Å². The normalized spacial score (nSPS) is 16.9. The van der Waals surface area contributed by atoms with Crippen LogP contribution in [-0.4, -0.2) is 57.4 Å². The fraction of sp³-hybridized carbons (Fsp3) is 0.650. The molecule has 0 spiro atoms. The summed E-state index contributed by atoms with van der Waals surface area (Å²) in [6.07, 6.45) is 3.94. The molecular formula is C20H33ClIN3O2S. The molecule has 1 aromatic rings. The molecule has 1 aliphatic rings. The van der Waals surface area contributed by atoms with E-state index in [4.69, 9.17) is 21.1 Å². The van der Waals surface area contributed by atoms with Gasteiger partial charge in [-0.3, -0.25) is 4.99 Å². The van der Waals surface area contributed by atoms with Crippen molar-refractivity contribution in [3.05, 3.63) is 28.8 Å². The molecule has 1 heterocycles. The van der Waals surface area contributed by atoms with E-state index in [-0.39, 0.29) is 34.1 Å². The van der Waals surface area contributed by atoms with E-state index >= 15 is 0 Å². The van der Waals surface area contributed by atoms with E-state index in [1.54, 1.807) is 14.2 Å². The second kappa shape index (κ2) is 11.7. The van der Waals surface area contributed by atoms with Gasteiger partial charge in [-0.2, -0.15) is 11.8 Å². The van der Waals surface area contributed by atoms with Crippen LogP contribution in [0.15, 0.2) is 23.2 Å². The van der Waals surface area contributed by atoms with Crippen LogP contribution in [0.4, 0.5) is 0 Å². The highest BCUT2D eigenvalue weighted by Crippen LogP contribution is 2.40. The Labute approximate surface area is 195 Å². The third-order valence-corrected chi connectivity index (χ3v) is 6.72. The van der Waals surface area contributed by atoms with Crippen LogP contribution in [0.3, 0.4) is 0 Å². The van der Waals surface area contributed by atoms with Crippen LogP contribution in [-0.2, 0) is 10.2 Å². The zero-order valence-electron chi connectivity index (χ0n) is 17.4. The van der Waals surface area contributed by atoms with Gasteiger partial charge in [0, 0.05) is 54.1 Å². The van der Waals surface area contributed by atoms with Gasteiger partial charge in [0.1, 0.15) is 5.75 Å². The Balaban J connectivity index is 0.00000392. The molecule has 0 atom stereocenters. The summed E-state index contributed by atoms with van der Waals surface area (Å²) in [4.78, 5) is 4.39. The van der Waals surface area contributed by atoms with Gasteiger partial charge in [-0.05, 0) is 51.1 Å². The first-order chi connectivity index (χ1) is 12.9. The maximum atomic E-state index is 6.32. The molecule has 5 nitrogen and oxygen atoms in total. The van der Waals surface area contributed by atoms with Crippen LogP contribution >= 0.6 is 47.3 Å².